The van der Waals surface area contributed by atoms with Gasteiger partial charge in [0.2, 0.25) is 0 Å². The van der Waals surface area contributed by atoms with E-state index in [0.717, 1.165) is 5.56 Å². The van der Waals surface area contributed by atoms with Crippen molar-refractivity contribution in [3.8, 4) is 0 Å². The van der Waals surface area contributed by atoms with Crippen molar-refractivity contribution in [1.29, 1.82) is 5.41 Å². The number of aromatic nitrogens is 1. The summed E-state index contributed by atoms with van der Waals surface area (Å²) in [5, 5.41) is 7.53. The molecule has 1 heterocycles. The monoisotopic (exact) mass is 148 g/mol. The van der Waals surface area contributed by atoms with Crippen LogP contribution < -0.4 is 5.49 Å². The number of rotatable bonds is 2. The summed E-state index contributed by atoms with van der Waals surface area (Å²) in [7, 11) is 0. The van der Waals surface area contributed by atoms with E-state index < -0.39 is 0 Å². The van der Waals surface area contributed by atoms with Crippen LogP contribution in [0.4, 0.5) is 0 Å². The summed E-state index contributed by atoms with van der Waals surface area (Å²) in [6.45, 7) is 6.31. The third kappa shape index (κ3) is 1.80. The Morgan fingerprint density at radius 2 is 2.45 bits per heavy atom. The van der Waals surface area contributed by atoms with Crippen LogP contribution in [0.3, 0.4) is 0 Å². The van der Waals surface area contributed by atoms with Gasteiger partial charge in [0.1, 0.15) is 5.49 Å². The van der Waals surface area contributed by atoms with Crippen LogP contribution in [0.2, 0.25) is 0 Å². The van der Waals surface area contributed by atoms with Crippen molar-refractivity contribution in [2.24, 2.45) is 0 Å². The summed E-state index contributed by atoms with van der Waals surface area (Å²) < 4.78 is 1.83. The van der Waals surface area contributed by atoms with Crippen molar-refractivity contribution in [1.82, 2.24) is 4.57 Å². The first-order valence-corrected chi connectivity index (χ1v) is 3.56. The lowest BCUT2D eigenvalue weighted by molar-refractivity contribution is 0.746. The van der Waals surface area contributed by atoms with E-state index in [9.17, 15) is 0 Å². The first kappa shape index (κ1) is 7.79. The van der Waals surface area contributed by atoms with E-state index in [2.05, 4.69) is 6.58 Å². The highest BCUT2D eigenvalue weighted by Crippen LogP contribution is 1.90. The molecule has 1 aromatic heterocycles. The normalized spacial score (nSPS) is 9.55. The van der Waals surface area contributed by atoms with E-state index in [1.807, 2.05) is 29.8 Å². The molecule has 11 heavy (non-hydrogen) atoms. The first-order chi connectivity index (χ1) is 5.24. The lowest BCUT2D eigenvalue weighted by Crippen LogP contribution is -2.17. The molecule has 0 amide bonds. The SMILES string of the molecule is C=CCn1ccc(C)cc1=N. The molecule has 0 aromatic carbocycles. The van der Waals surface area contributed by atoms with Gasteiger partial charge in [-0.15, -0.1) is 6.58 Å². The molecule has 0 spiro atoms. The van der Waals surface area contributed by atoms with Crippen molar-refractivity contribution in [2.75, 3.05) is 0 Å². The Hall–Kier alpha value is -1.31. The van der Waals surface area contributed by atoms with Crippen molar-refractivity contribution >= 4 is 0 Å². The zero-order chi connectivity index (χ0) is 8.27. The Kier molecular flexibility index (Phi) is 2.26. The summed E-state index contributed by atoms with van der Waals surface area (Å²) in [4.78, 5) is 0. The third-order valence-electron chi connectivity index (χ3n) is 1.52. The molecule has 0 atom stereocenters. The molecule has 0 saturated carbocycles. The first-order valence-electron chi connectivity index (χ1n) is 3.56. The molecule has 2 heteroatoms. The molecule has 0 unspecified atom stereocenters. The van der Waals surface area contributed by atoms with Gasteiger partial charge in [0.05, 0.1) is 0 Å². The topological polar surface area (TPSA) is 28.8 Å². The standard InChI is InChI=1S/C9H12N2/c1-3-5-11-6-4-8(2)7-9(11)10/h3-4,6-7,10H,1,5H2,2H3. The van der Waals surface area contributed by atoms with Gasteiger partial charge in [-0.05, 0) is 24.6 Å². The lowest BCUT2D eigenvalue weighted by atomic mass is 10.3. The lowest BCUT2D eigenvalue weighted by Gasteiger charge is -2.02. The van der Waals surface area contributed by atoms with Crippen LogP contribution in [0.15, 0.2) is 31.0 Å². The number of aryl methyl sites for hydroxylation is 1. The molecule has 0 radical (unpaired) electrons. The van der Waals surface area contributed by atoms with Crippen LogP contribution in [0.5, 0.6) is 0 Å². The second-order valence-electron chi connectivity index (χ2n) is 2.53. The fourth-order valence-electron chi connectivity index (χ4n) is 0.933. The molecular formula is C9H12N2. The Labute approximate surface area is 66.3 Å². The maximum Gasteiger partial charge on any atom is 0.125 e. The second kappa shape index (κ2) is 3.19. The molecule has 0 aliphatic rings. The summed E-state index contributed by atoms with van der Waals surface area (Å²) in [6, 6.07) is 3.82. The van der Waals surface area contributed by atoms with Gasteiger partial charge in [0.25, 0.3) is 0 Å². The van der Waals surface area contributed by atoms with E-state index >= 15 is 0 Å². The zero-order valence-corrected chi connectivity index (χ0v) is 6.67. The van der Waals surface area contributed by atoms with Crippen molar-refractivity contribution in [3.63, 3.8) is 0 Å². The van der Waals surface area contributed by atoms with Crippen molar-refractivity contribution in [2.45, 2.75) is 13.5 Å². The van der Waals surface area contributed by atoms with Crippen molar-refractivity contribution in [3.05, 3.63) is 42.0 Å². The molecule has 0 fully saturated rings. The molecule has 1 rings (SSSR count). The molecule has 0 saturated heterocycles. The smallest absolute Gasteiger partial charge is 0.125 e. The van der Waals surface area contributed by atoms with E-state index in [-0.39, 0.29) is 0 Å². The summed E-state index contributed by atoms with van der Waals surface area (Å²) >= 11 is 0. The highest BCUT2D eigenvalue weighted by molar-refractivity contribution is 5.07. The van der Waals surface area contributed by atoms with Crippen LogP contribution in [-0.4, -0.2) is 4.57 Å². The van der Waals surface area contributed by atoms with Crippen LogP contribution >= 0.6 is 0 Å². The molecular weight excluding hydrogens is 136 g/mol. The van der Waals surface area contributed by atoms with Crippen LogP contribution in [0.25, 0.3) is 0 Å². The highest BCUT2D eigenvalue weighted by Gasteiger charge is 1.88. The minimum atomic E-state index is 0.532. The fraction of sp³-hybridized carbons (Fsp3) is 0.222. The van der Waals surface area contributed by atoms with Crippen LogP contribution in [0, 0.1) is 12.3 Å². The summed E-state index contributed by atoms with van der Waals surface area (Å²) in [6.07, 6.45) is 3.69. The Balaban J connectivity index is 3.09. The maximum absolute atomic E-state index is 7.53. The zero-order valence-electron chi connectivity index (χ0n) is 6.67. The van der Waals surface area contributed by atoms with Gasteiger partial charge < -0.3 is 4.57 Å². The molecule has 1 N–H and O–H groups in total. The van der Waals surface area contributed by atoms with E-state index in [1.165, 1.54) is 0 Å². The van der Waals surface area contributed by atoms with Gasteiger partial charge >= 0.3 is 0 Å². The summed E-state index contributed by atoms with van der Waals surface area (Å²) in [5.41, 5.74) is 1.65. The fourth-order valence-corrected chi connectivity index (χ4v) is 0.933. The predicted octanol–water partition coefficient (Wildman–Crippen LogP) is 1.46. The van der Waals surface area contributed by atoms with Crippen LogP contribution in [0.1, 0.15) is 5.56 Å². The largest absolute Gasteiger partial charge is 0.330 e. The highest BCUT2D eigenvalue weighted by atomic mass is 15.0. The minimum Gasteiger partial charge on any atom is -0.330 e. The Bertz CT molecular complexity index is 310. The molecule has 2 nitrogen and oxygen atoms in total. The van der Waals surface area contributed by atoms with Gasteiger partial charge in [0, 0.05) is 12.7 Å². The summed E-state index contributed by atoms with van der Waals surface area (Å²) in [5.74, 6) is 0. The average Bonchev–Trinajstić information content (AvgIpc) is 1.95. The van der Waals surface area contributed by atoms with Gasteiger partial charge in [-0.25, -0.2) is 0 Å². The van der Waals surface area contributed by atoms with Gasteiger partial charge in [-0.3, -0.25) is 5.41 Å². The molecule has 58 valence electrons. The number of hydrogen-bond donors (Lipinski definition) is 1. The Morgan fingerprint density at radius 1 is 1.73 bits per heavy atom. The van der Waals surface area contributed by atoms with Gasteiger partial charge in [-0.2, -0.15) is 0 Å². The van der Waals surface area contributed by atoms with Gasteiger partial charge in [0.15, 0.2) is 0 Å². The number of nitrogens with zero attached hydrogens (tertiary/aromatic N) is 1. The minimum absolute atomic E-state index is 0.532. The second-order valence-corrected chi connectivity index (χ2v) is 2.53. The molecule has 0 aliphatic heterocycles. The number of pyridine rings is 1. The van der Waals surface area contributed by atoms with E-state index in [4.69, 9.17) is 5.41 Å². The number of nitrogens with one attached hydrogen (secondary N) is 1. The molecule has 0 aliphatic carbocycles. The number of hydrogen-bond acceptors (Lipinski definition) is 1. The van der Waals surface area contributed by atoms with Crippen molar-refractivity contribution < 1.29 is 0 Å². The van der Waals surface area contributed by atoms with Crippen LogP contribution in [-0.2, 0) is 6.54 Å². The van der Waals surface area contributed by atoms with Gasteiger partial charge in [-0.1, -0.05) is 6.08 Å². The Morgan fingerprint density at radius 3 is 3.00 bits per heavy atom. The average molecular weight is 148 g/mol. The maximum atomic E-state index is 7.53. The van der Waals surface area contributed by atoms with E-state index in [0.29, 0.717) is 12.0 Å². The number of allylic oxidation sites excluding steroid dienone is 1. The molecule has 0 bridgehead atoms. The third-order valence-corrected chi connectivity index (χ3v) is 1.52. The predicted molar refractivity (Wildman–Crippen MR) is 45.2 cm³/mol. The quantitative estimate of drug-likeness (QED) is 0.615. The van der Waals surface area contributed by atoms with E-state index in [1.54, 1.807) is 6.08 Å². The molecule has 1 aromatic rings.